The molecule has 0 radical (unpaired) electrons. The smallest absolute Gasteiger partial charge is 0.218 e. The number of nitrogens with two attached hydrogens (primary N) is 1. The summed E-state index contributed by atoms with van der Waals surface area (Å²) in [6.07, 6.45) is 0.818. The Morgan fingerprint density at radius 3 is 2.15 bits per heavy atom. The SMILES string of the molecule is NC(=O)CC(CCO)c1ccc(-c2ccccc2)cc1. The highest BCUT2D eigenvalue weighted by Crippen LogP contribution is 2.26. The Balaban J connectivity index is 2.19. The monoisotopic (exact) mass is 269 g/mol. The van der Waals surface area contributed by atoms with Gasteiger partial charge in [-0.2, -0.15) is 0 Å². The zero-order chi connectivity index (χ0) is 14.4. The molecule has 3 N–H and O–H groups in total. The normalized spacial score (nSPS) is 12.1. The van der Waals surface area contributed by atoms with Crippen LogP contribution in [0.15, 0.2) is 54.6 Å². The van der Waals surface area contributed by atoms with E-state index in [1.807, 2.05) is 42.5 Å². The average Bonchev–Trinajstić information content (AvgIpc) is 2.47. The number of amides is 1. The van der Waals surface area contributed by atoms with Crippen molar-refractivity contribution in [2.75, 3.05) is 6.61 Å². The maximum atomic E-state index is 11.1. The molecule has 0 bridgehead atoms. The molecule has 0 saturated carbocycles. The quantitative estimate of drug-likeness (QED) is 0.847. The second-order valence-corrected chi connectivity index (χ2v) is 4.87. The van der Waals surface area contributed by atoms with Crippen LogP contribution in [0, 0.1) is 0 Å². The van der Waals surface area contributed by atoms with Gasteiger partial charge in [0.25, 0.3) is 0 Å². The summed E-state index contributed by atoms with van der Waals surface area (Å²) < 4.78 is 0. The lowest BCUT2D eigenvalue weighted by Crippen LogP contribution is -2.16. The molecular formula is C17H19NO2. The lowest BCUT2D eigenvalue weighted by atomic mass is 9.91. The van der Waals surface area contributed by atoms with E-state index in [0.717, 1.165) is 16.7 Å². The van der Waals surface area contributed by atoms with Gasteiger partial charge in [-0.1, -0.05) is 54.6 Å². The molecule has 2 aromatic carbocycles. The molecule has 0 heterocycles. The van der Waals surface area contributed by atoms with Crippen molar-refractivity contribution in [2.24, 2.45) is 5.73 Å². The van der Waals surface area contributed by atoms with E-state index in [2.05, 4.69) is 12.1 Å². The van der Waals surface area contributed by atoms with E-state index in [9.17, 15) is 4.79 Å². The molecule has 0 aliphatic carbocycles. The van der Waals surface area contributed by atoms with Crippen molar-refractivity contribution in [3.63, 3.8) is 0 Å². The van der Waals surface area contributed by atoms with Gasteiger partial charge >= 0.3 is 0 Å². The Bertz CT molecular complexity index is 549. The highest BCUT2D eigenvalue weighted by molar-refractivity contribution is 5.75. The van der Waals surface area contributed by atoms with Crippen LogP contribution in [0.3, 0.4) is 0 Å². The first-order valence-electron chi connectivity index (χ1n) is 6.75. The number of benzene rings is 2. The molecule has 0 aliphatic rings. The molecule has 0 aliphatic heterocycles. The van der Waals surface area contributed by atoms with Crippen LogP contribution in [-0.2, 0) is 4.79 Å². The molecular weight excluding hydrogens is 250 g/mol. The Morgan fingerprint density at radius 1 is 1.00 bits per heavy atom. The van der Waals surface area contributed by atoms with Gasteiger partial charge in [-0.3, -0.25) is 4.79 Å². The molecule has 104 valence electrons. The summed E-state index contributed by atoms with van der Waals surface area (Å²) in [5.41, 5.74) is 8.60. The van der Waals surface area contributed by atoms with Crippen LogP contribution in [0.1, 0.15) is 24.3 Å². The maximum Gasteiger partial charge on any atom is 0.218 e. The van der Waals surface area contributed by atoms with Crippen LogP contribution in [-0.4, -0.2) is 17.6 Å². The Labute approximate surface area is 119 Å². The number of aliphatic hydroxyl groups excluding tert-OH is 1. The predicted octanol–water partition coefficient (Wildman–Crippen LogP) is 2.70. The van der Waals surface area contributed by atoms with Gasteiger partial charge in [-0.05, 0) is 29.0 Å². The molecule has 0 fully saturated rings. The second-order valence-electron chi connectivity index (χ2n) is 4.87. The van der Waals surface area contributed by atoms with Gasteiger partial charge in [-0.15, -0.1) is 0 Å². The van der Waals surface area contributed by atoms with Gasteiger partial charge in [-0.25, -0.2) is 0 Å². The van der Waals surface area contributed by atoms with Crippen LogP contribution >= 0.6 is 0 Å². The van der Waals surface area contributed by atoms with Crippen LogP contribution in [0.5, 0.6) is 0 Å². The Kier molecular flexibility index (Phi) is 4.91. The van der Waals surface area contributed by atoms with E-state index in [4.69, 9.17) is 10.8 Å². The molecule has 0 saturated heterocycles. The van der Waals surface area contributed by atoms with Crippen molar-refractivity contribution in [3.05, 3.63) is 60.2 Å². The summed E-state index contributed by atoms with van der Waals surface area (Å²) >= 11 is 0. The minimum absolute atomic E-state index is 0.0117. The third kappa shape index (κ3) is 3.68. The first kappa shape index (κ1) is 14.3. The van der Waals surface area contributed by atoms with Crippen molar-refractivity contribution in [2.45, 2.75) is 18.8 Å². The van der Waals surface area contributed by atoms with Crippen molar-refractivity contribution >= 4 is 5.91 Å². The van der Waals surface area contributed by atoms with Crippen LogP contribution in [0.25, 0.3) is 11.1 Å². The molecule has 1 unspecified atom stereocenters. The summed E-state index contributed by atoms with van der Waals surface area (Å²) in [5.74, 6) is -0.349. The summed E-state index contributed by atoms with van der Waals surface area (Å²) in [6.45, 7) is 0.0540. The number of rotatable bonds is 6. The van der Waals surface area contributed by atoms with Crippen molar-refractivity contribution in [3.8, 4) is 11.1 Å². The molecule has 3 heteroatoms. The van der Waals surface area contributed by atoms with Gasteiger partial charge in [0.1, 0.15) is 0 Å². The first-order chi connectivity index (χ1) is 9.70. The number of hydrogen-bond donors (Lipinski definition) is 2. The van der Waals surface area contributed by atoms with Crippen LogP contribution in [0.2, 0.25) is 0 Å². The van der Waals surface area contributed by atoms with E-state index < -0.39 is 0 Å². The van der Waals surface area contributed by atoms with Gasteiger partial charge in [0.2, 0.25) is 5.91 Å². The fourth-order valence-electron chi connectivity index (χ4n) is 2.36. The lowest BCUT2D eigenvalue weighted by Gasteiger charge is -2.15. The van der Waals surface area contributed by atoms with Crippen LogP contribution < -0.4 is 5.73 Å². The van der Waals surface area contributed by atoms with Crippen molar-refractivity contribution in [1.82, 2.24) is 0 Å². The molecule has 1 atom stereocenters. The zero-order valence-electron chi connectivity index (χ0n) is 11.3. The molecule has 2 rings (SSSR count). The molecule has 0 aromatic heterocycles. The van der Waals surface area contributed by atoms with Gasteiger partial charge < -0.3 is 10.8 Å². The van der Waals surface area contributed by atoms with E-state index in [1.54, 1.807) is 0 Å². The Hall–Kier alpha value is -2.13. The molecule has 2 aromatic rings. The highest BCUT2D eigenvalue weighted by Gasteiger charge is 2.14. The topological polar surface area (TPSA) is 63.3 Å². The first-order valence-corrected chi connectivity index (χ1v) is 6.75. The number of primary amides is 1. The highest BCUT2D eigenvalue weighted by atomic mass is 16.3. The summed E-state index contributed by atoms with van der Waals surface area (Å²) in [7, 11) is 0. The molecule has 3 nitrogen and oxygen atoms in total. The average molecular weight is 269 g/mol. The zero-order valence-corrected chi connectivity index (χ0v) is 11.3. The predicted molar refractivity (Wildman–Crippen MR) is 80.1 cm³/mol. The fraction of sp³-hybridized carbons (Fsp3) is 0.235. The van der Waals surface area contributed by atoms with Crippen LogP contribution in [0.4, 0.5) is 0 Å². The number of carbonyl (C=O) groups excluding carboxylic acids is 1. The third-order valence-electron chi connectivity index (χ3n) is 3.41. The van der Waals surface area contributed by atoms with E-state index in [0.29, 0.717) is 6.42 Å². The number of carbonyl (C=O) groups is 1. The van der Waals surface area contributed by atoms with Gasteiger partial charge in [0.05, 0.1) is 0 Å². The van der Waals surface area contributed by atoms with E-state index in [1.165, 1.54) is 0 Å². The molecule has 1 amide bonds. The second kappa shape index (κ2) is 6.87. The summed E-state index contributed by atoms with van der Waals surface area (Å²) in [4.78, 5) is 11.1. The largest absolute Gasteiger partial charge is 0.396 e. The molecule has 20 heavy (non-hydrogen) atoms. The van der Waals surface area contributed by atoms with Gasteiger partial charge in [0, 0.05) is 13.0 Å². The summed E-state index contributed by atoms with van der Waals surface area (Å²) in [6, 6.07) is 18.2. The van der Waals surface area contributed by atoms with Crippen molar-refractivity contribution < 1.29 is 9.90 Å². The van der Waals surface area contributed by atoms with Crippen molar-refractivity contribution in [1.29, 1.82) is 0 Å². The lowest BCUT2D eigenvalue weighted by molar-refractivity contribution is -0.118. The minimum Gasteiger partial charge on any atom is -0.396 e. The van der Waals surface area contributed by atoms with E-state index in [-0.39, 0.29) is 24.9 Å². The number of hydrogen-bond acceptors (Lipinski definition) is 2. The van der Waals surface area contributed by atoms with E-state index >= 15 is 0 Å². The standard InChI is InChI=1S/C17H19NO2/c18-17(20)12-16(10-11-19)15-8-6-14(7-9-15)13-4-2-1-3-5-13/h1-9,16,19H,10-12H2,(H2,18,20). The maximum absolute atomic E-state index is 11.1. The number of aliphatic hydroxyl groups is 1. The fourth-order valence-corrected chi connectivity index (χ4v) is 2.36. The Morgan fingerprint density at radius 2 is 1.60 bits per heavy atom. The summed E-state index contributed by atoms with van der Waals surface area (Å²) in [5, 5.41) is 9.09. The van der Waals surface area contributed by atoms with Gasteiger partial charge in [0.15, 0.2) is 0 Å². The molecule has 0 spiro atoms. The third-order valence-corrected chi connectivity index (χ3v) is 3.41. The minimum atomic E-state index is -0.337.